The van der Waals surface area contributed by atoms with Gasteiger partial charge in [0, 0.05) is 17.1 Å². The van der Waals surface area contributed by atoms with Crippen LogP contribution in [0, 0.1) is 17.2 Å². The number of nitriles is 1. The number of nitrogens with one attached hydrogen (secondary N) is 2. The largest absolute Gasteiger partial charge is 0.493 e. The number of fused-ring (bicyclic) bond motifs is 1. The molecule has 0 atom stereocenters. The molecule has 1 saturated heterocycles. The van der Waals surface area contributed by atoms with Gasteiger partial charge in [-0.15, -0.1) is 0 Å². The Morgan fingerprint density at radius 3 is 2.70 bits per heavy atom. The van der Waals surface area contributed by atoms with Gasteiger partial charge < -0.3 is 15.0 Å². The summed E-state index contributed by atoms with van der Waals surface area (Å²) in [5.41, 5.74) is 0.0552. The number of H-pyrrole nitrogens is 1. The van der Waals surface area contributed by atoms with Gasteiger partial charge in [0.2, 0.25) is 5.82 Å². The summed E-state index contributed by atoms with van der Waals surface area (Å²) in [7, 11) is 0. The van der Waals surface area contributed by atoms with E-state index >= 15 is 0 Å². The predicted octanol–water partition coefficient (Wildman–Crippen LogP) is 4.28. The van der Waals surface area contributed by atoms with Crippen LogP contribution in [0.15, 0.2) is 30.5 Å². The summed E-state index contributed by atoms with van der Waals surface area (Å²) in [4.78, 5) is 11.0. The summed E-state index contributed by atoms with van der Waals surface area (Å²) < 4.78 is 46.8. The number of aromatic amines is 1. The molecule has 2 aromatic heterocycles. The van der Waals surface area contributed by atoms with Crippen LogP contribution in [0.2, 0.25) is 0 Å². The van der Waals surface area contributed by atoms with Crippen molar-refractivity contribution in [1.29, 1.82) is 5.26 Å². The number of rotatable bonds is 5. The van der Waals surface area contributed by atoms with E-state index in [1.807, 2.05) is 6.07 Å². The average Bonchev–Trinajstić information content (AvgIpc) is 3.22. The molecule has 0 saturated carbocycles. The zero-order valence-electron chi connectivity index (χ0n) is 16.1. The van der Waals surface area contributed by atoms with Crippen LogP contribution in [-0.2, 0) is 6.18 Å². The molecular weight excluding hydrogens is 395 g/mol. The van der Waals surface area contributed by atoms with Crippen LogP contribution in [0.4, 0.5) is 13.2 Å². The Labute approximate surface area is 171 Å². The standard InChI is InChI=1S/C21H20F3N5O/c22-21(23,24)16-11-14(19-15-5-9-27-20(15)29-18(12-25)28-19)1-2-17(16)30-10-6-13-3-7-26-8-4-13/h1-2,5,9,11,13,26H,3-4,6-8,10H2,(H,27,28,29). The molecule has 3 heterocycles. The van der Waals surface area contributed by atoms with Gasteiger partial charge in [-0.1, -0.05) is 0 Å². The maximum Gasteiger partial charge on any atom is 0.419 e. The predicted molar refractivity (Wildman–Crippen MR) is 105 cm³/mol. The minimum atomic E-state index is -4.58. The smallest absolute Gasteiger partial charge is 0.419 e. The van der Waals surface area contributed by atoms with Crippen LogP contribution >= 0.6 is 0 Å². The van der Waals surface area contributed by atoms with Gasteiger partial charge in [0.1, 0.15) is 17.5 Å². The highest BCUT2D eigenvalue weighted by molar-refractivity contribution is 5.91. The molecule has 0 amide bonds. The van der Waals surface area contributed by atoms with E-state index in [1.54, 1.807) is 12.3 Å². The van der Waals surface area contributed by atoms with Crippen molar-refractivity contribution in [3.8, 4) is 23.1 Å². The first-order valence-corrected chi connectivity index (χ1v) is 9.76. The molecule has 1 aliphatic heterocycles. The third-order valence-electron chi connectivity index (χ3n) is 5.32. The Hall–Kier alpha value is -3.12. The second-order valence-electron chi connectivity index (χ2n) is 7.29. The molecule has 3 aromatic rings. The first kappa shape index (κ1) is 20.2. The maximum atomic E-state index is 13.7. The lowest BCUT2D eigenvalue weighted by Crippen LogP contribution is -2.28. The number of hydrogen-bond acceptors (Lipinski definition) is 5. The fraction of sp³-hybridized carbons (Fsp3) is 0.381. The number of piperidine rings is 1. The second-order valence-corrected chi connectivity index (χ2v) is 7.29. The number of halogens is 3. The van der Waals surface area contributed by atoms with Crippen LogP contribution in [0.3, 0.4) is 0 Å². The van der Waals surface area contributed by atoms with Crippen LogP contribution in [0.1, 0.15) is 30.7 Å². The van der Waals surface area contributed by atoms with Gasteiger partial charge in [0.15, 0.2) is 0 Å². The molecule has 2 N–H and O–H groups in total. The molecule has 30 heavy (non-hydrogen) atoms. The summed E-state index contributed by atoms with van der Waals surface area (Å²) >= 11 is 0. The van der Waals surface area contributed by atoms with Gasteiger partial charge in [-0.3, -0.25) is 0 Å². The Morgan fingerprint density at radius 2 is 1.97 bits per heavy atom. The molecular formula is C21H20F3N5O. The second kappa shape index (κ2) is 8.32. The Balaban J connectivity index is 1.64. The van der Waals surface area contributed by atoms with Crippen molar-refractivity contribution in [3.05, 3.63) is 41.9 Å². The van der Waals surface area contributed by atoms with Crippen LogP contribution in [0.25, 0.3) is 22.3 Å². The lowest BCUT2D eigenvalue weighted by Gasteiger charge is -2.23. The molecule has 1 fully saturated rings. The molecule has 4 rings (SSSR count). The monoisotopic (exact) mass is 415 g/mol. The Bertz CT molecular complexity index is 1080. The molecule has 0 unspecified atom stereocenters. The van der Waals surface area contributed by atoms with Crippen LogP contribution in [0.5, 0.6) is 5.75 Å². The first-order valence-electron chi connectivity index (χ1n) is 9.76. The summed E-state index contributed by atoms with van der Waals surface area (Å²) in [6, 6.07) is 7.39. The summed E-state index contributed by atoms with van der Waals surface area (Å²) in [5, 5.41) is 13.0. The van der Waals surface area contributed by atoms with Gasteiger partial charge in [0.25, 0.3) is 0 Å². The molecule has 0 bridgehead atoms. The Morgan fingerprint density at radius 1 is 1.17 bits per heavy atom. The molecule has 0 radical (unpaired) electrons. The van der Waals surface area contributed by atoms with E-state index in [0.717, 1.165) is 38.4 Å². The number of nitrogens with zero attached hydrogens (tertiary/aromatic N) is 3. The fourth-order valence-electron chi connectivity index (χ4n) is 3.74. The molecule has 9 heteroatoms. The third kappa shape index (κ3) is 4.24. The zero-order valence-corrected chi connectivity index (χ0v) is 16.1. The lowest BCUT2D eigenvalue weighted by molar-refractivity contribution is -0.138. The third-order valence-corrected chi connectivity index (χ3v) is 5.32. The van der Waals surface area contributed by atoms with Gasteiger partial charge >= 0.3 is 6.18 Å². The highest BCUT2D eigenvalue weighted by Gasteiger charge is 2.35. The number of benzene rings is 1. The minimum absolute atomic E-state index is 0.115. The van der Waals surface area contributed by atoms with E-state index in [9.17, 15) is 13.2 Å². The molecule has 1 aromatic carbocycles. The first-order chi connectivity index (χ1) is 14.5. The molecule has 0 aliphatic carbocycles. The van der Waals surface area contributed by atoms with Crippen LogP contribution in [-0.4, -0.2) is 34.6 Å². The highest BCUT2D eigenvalue weighted by Crippen LogP contribution is 2.39. The van der Waals surface area contributed by atoms with Gasteiger partial charge in [-0.25, -0.2) is 9.97 Å². The van der Waals surface area contributed by atoms with E-state index in [0.29, 0.717) is 17.0 Å². The van der Waals surface area contributed by atoms with Crippen molar-refractivity contribution in [2.24, 2.45) is 5.92 Å². The van der Waals surface area contributed by atoms with E-state index in [1.165, 1.54) is 12.1 Å². The summed E-state index contributed by atoms with van der Waals surface area (Å²) in [6.45, 7) is 2.11. The molecule has 0 spiro atoms. The van der Waals surface area contributed by atoms with Crippen molar-refractivity contribution in [2.75, 3.05) is 19.7 Å². The molecule has 1 aliphatic rings. The average molecular weight is 415 g/mol. The number of ether oxygens (including phenoxy) is 1. The van der Waals surface area contributed by atoms with Gasteiger partial charge in [-0.2, -0.15) is 18.4 Å². The van der Waals surface area contributed by atoms with E-state index < -0.39 is 11.7 Å². The summed E-state index contributed by atoms with van der Waals surface area (Å²) in [5.74, 6) is 0.156. The van der Waals surface area contributed by atoms with Crippen molar-refractivity contribution >= 4 is 11.0 Å². The minimum Gasteiger partial charge on any atom is -0.493 e. The van der Waals surface area contributed by atoms with Gasteiger partial charge in [0.05, 0.1) is 17.9 Å². The quantitative estimate of drug-likeness (QED) is 0.649. The van der Waals surface area contributed by atoms with Crippen molar-refractivity contribution in [1.82, 2.24) is 20.3 Å². The fourth-order valence-corrected chi connectivity index (χ4v) is 3.74. The molecule has 156 valence electrons. The van der Waals surface area contributed by atoms with E-state index in [-0.39, 0.29) is 29.4 Å². The Kier molecular flexibility index (Phi) is 5.59. The van der Waals surface area contributed by atoms with Crippen LogP contribution < -0.4 is 10.1 Å². The molecule has 6 nitrogen and oxygen atoms in total. The number of aromatic nitrogens is 3. The SMILES string of the molecule is N#Cc1nc(-c2ccc(OCCC3CCNCC3)c(C(F)(F)F)c2)c2cc[nH]c2n1. The van der Waals surface area contributed by atoms with E-state index in [2.05, 4.69) is 20.3 Å². The summed E-state index contributed by atoms with van der Waals surface area (Å²) in [6.07, 6.45) is -0.233. The zero-order chi connectivity index (χ0) is 21.1. The number of alkyl halides is 3. The van der Waals surface area contributed by atoms with Crippen molar-refractivity contribution in [3.63, 3.8) is 0 Å². The van der Waals surface area contributed by atoms with Gasteiger partial charge in [-0.05, 0) is 62.5 Å². The van der Waals surface area contributed by atoms with Crippen molar-refractivity contribution < 1.29 is 17.9 Å². The lowest BCUT2D eigenvalue weighted by atomic mass is 9.95. The van der Waals surface area contributed by atoms with E-state index in [4.69, 9.17) is 10.00 Å². The topological polar surface area (TPSA) is 86.6 Å². The maximum absolute atomic E-state index is 13.7. The number of hydrogen-bond donors (Lipinski definition) is 2. The normalized spacial score (nSPS) is 15.3. The van der Waals surface area contributed by atoms with Crippen molar-refractivity contribution in [2.45, 2.75) is 25.4 Å². The highest BCUT2D eigenvalue weighted by atomic mass is 19.4.